The third-order valence-corrected chi connectivity index (χ3v) is 3.21. The quantitative estimate of drug-likeness (QED) is 0.894. The molecule has 0 saturated carbocycles. The van der Waals surface area contributed by atoms with E-state index in [0.29, 0.717) is 5.82 Å². The van der Waals surface area contributed by atoms with Crippen molar-refractivity contribution in [2.24, 2.45) is 7.05 Å². The van der Waals surface area contributed by atoms with Gasteiger partial charge in [-0.3, -0.25) is 0 Å². The minimum Gasteiger partial charge on any atom is -0.331 e. The number of imidazole rings is 1. The number of hydrogen-bond acceptors (Lipinski definition) is 4. The van der Waals surface area contributed by atoms with Crippen LogP contribution >= 0.6 is 0 Å². The molecule has 19 heavy (non-hydrogen) atoms. The van der Waals surface area contributed by atoms with E-state index in [2.05, 4.69) is 34.1 Å². The minimum absolute atomic E-state index is 0.273. The largest absolute Gasteiger partial charge is 0.331 e. The highest BCUT2D eigenvalue weighted by Gasteiger charge is 2.12. The molecule has 2 rings (SSSR count). The topological polar surface area (TPSA) is 55.6 Å². The van der Waals surface area contributed by atoms with Crippen molar-refractivity contribution in [3.05, 3.63) is 29.8 Å². The van der Waals surface area contributed by atoms with E-state index >= 15 is 0 Å². The molecule has 0 fully saturated rings. The predicted molar refractivity (Wildman–Crippen MR) is 75.7 cm³/mol. The molecule has 102 valence electrons. The zero-order chi connectivity index (χ0) is 13.8. The van der Waals surface area contributed by atoms with Crippen LogP contribution in [0.1, 0.15) is 37.6 Å². The first kappa shape index (κ1) is 13.7. The van der Waals surface area contributed by atoms with Gasteiger partial charge in [0.25, 0.3) is 0 Å². The van der Waals surface area contributed by atoms with Crippen LogP contribution in [-0.4, -0.2) is 26.1 Å². The molecule has 0 aromatic carbocycles. The number of aromatic nitrogens is 4. The number of nitrogens with zero attached hydrogens (tertiary/aromatic N) is 4. The first-order valence-corrected chi connectivity index (χ1v) is 6.68. The lowest BCUT2D eigenvalue weighted by Gasteiger charge is -2.15. The van der Waals surface area contributed by atoms with Crippen LogP contribution in [-0.2, 0) is 7.05 Å². The Bertz CT molecular complexity index is 547. The third kappa shape index (κ3) is 2.98. The average molecular weight is 259 g/mol. The smallest absolute Gasteiger partial charge is 0.196 e. The summed E-state index contributed by atoms with van der Waals surface area (Å²) in [7, 11) is 1.94. The van der Waals surface area contributed by atoms with Crippen molar-refractivity contribution >= 4 is 0 Å². The highest BCUT2D eigenvalue weighted by atomic mass is 15.1. The van der Waals surface area contributed by atoms with Gasteiger partial charge in [-0.2, -0.15) is 0 Å². The van der Waals surface area contributed by atoms with Crippen LogP contribution in [0.2, 0.25) is 0 Å². The molecule has 0 aliphatic heterocycles. The Labute approximate surface area is 114 Å². The molecule has 2 heterocycles. The van der Waals surface area contributed by atoms with E-state index in [1.165, 1.54) is 0 Å². The van der Waals surface area contributed by atoms with Gasteiger partial charge in [0.1, 0.15) is 0 Å². The summed E-state index contributed by atoms with van der Waals surface area (Å²) >= 11 is 0. The molecule has 2 aromatic rings. The summed E-state index contributed by atoms with van der Waals surface area (Å²) in [6.07, 6.45) is 6.68. The monoisotopic (exact) mass is 259 g/mol. The first-order chi connectivity index (χ1) is 9.13. The molecule has 0 radical (unpaired) electrons. The van der Waals surface area contributed by atoms with Crippen molar-refractivity contribution in [2.45, 2.75) is 33.2 Å². The van der Waals surface area contributed by atoms with Gasteiger partial charge in [-0.15, -0.1) is 0 Å². The molecule has 0 aliphatic rings. The molecule has 1 N–H and O–H groups in total. The Morgan fingerprint density at radius 2 is 2.16 bits per heavy atom. The molecule has 1 unspecified atom stereocenters. The molecule has 0 aliphatic carbocycles. The Kier molecular flexibility index (Phi) is 4.27. The zero-order valence-corrected chi connectivity index (χ0v) is 12.0. The van der Waals surface area contributed by atoms with Crippen molar-refractivity contribution in [2.75, 3.05) is 6.54 Å². The van der Waals surface area contributed by atoms with E-state index in [1.807, 2.05) is 30.9 Å². The van der Waals surface area contributed by atoms with Crippen LogP contribution in [0, 0.1) is 6.92 Å². The maximum absolute atomic E-state index is 4.57. The van der Waals surface area contributed by atoms with Gasteiger partial charge in [0.2, 0.25) is 0 Å². The molecule has 0 spiro atoms. The lowest BCUT2D eigenvalue weighted by molar-refractivity contribution is 0.564. The molecule has 5 nitrogen and oxygen atoms in total. The van der Waals surface area contributed by atoms with Gasteiger partial charge >= 0.3 is 0 Å². The second-order valence-electron chi connectivity index (χ2n) is 4.77. The number of nitrogens with one attached hydrogen (secondary N) is 1. The van der Waals surface area contributed by atoms with Gasteiger partial charge < -0.3 is 9.88 Å². The summed E-state index contributed by atoms with van der Waals surface area (Å²) in [5.74, 6) is 1.47. The van der Waals surface area contributed by atoms with E-state index in [4.69, 9.17) is 0 Å². The second kappa shape index (κ2) is 5.93. The number of hydrogen-bond donors (Lipinski definition) is 1. The summed E-state index contributed by atoms with van der Waals surface area (Å²) in [5.41, 5.74) is 2.15. The summed E-state index contributed by atoms with van der Waals surface area (Å²) < 4.78 is 1.92. The summed E-state index contributed by atoms with van der Waals surface area (Å²) in [4.78, 5) is 13.3. The molecule has 0 amide bonds. The fourth-order valence-corrected chi connectivity index (χ4v) is 2.06. The minimum atomic E-state index is 0.273. The van der Waals surface area contributed by atoms with Crippen LogP contribution in [0.4, 0.5) is 0 Å². The summed E-state index contributed by atoms with van der Waals surface area (Å²) in [6.45, 7) is 7.32. The molecule has 0 saturated heterocycles. The lowest BCUT2D eigenvalue weighted by atomic mass is 10.1. The van der Waals surface area contributed by atoms with Gasteiger partial charge in [0.15, 0.2) is 11.6 Å². The lowest BCUT2D eigenvalue weighted by Crippen LogP contribution is -2.20. The average Bonchev–Trinajstić information content (AvgIpc) is 2.82. The van der Waals surface area contributed by atoms with Gasteiger partial charge in [-0.25, -0.2) is 15.0 Å². The van der Waals surface area contributed by atoms with Gasteiger partial charge in [-0.05, 0) is 26.8 Å². The van der Waals surface area contributed by atoms with Crippen molar-refractivity contribution in [1.29, 1.82) is 0 Å². The predicted octanol–water partition coefficient (Wildman–Crippen LogP) is 2.25. The number of rotatable bonds is 5. The van der Waals surface area contributed by atoms with Crippen LogP contribution in [0.5, 0.6) is 0 Å². The van der Waals surface area contributed by atoms with Crippen LogP contribution in [0.25, 0.3) is 11.6 Å². The molecular weight excluding hydrogens is 238 g/mol. The van der Waals surface area contributed by atoms with E-state index in [0.717, 1.165) is 30.0 Å². The van der Waals surface area contributed by atoms with E-state index < -0.39 is 0 Å². The second-order valence-corrected chi connectivity index (χ2v) is 4.77. The Morgan fingerprint density at radius 1 is 1.37 bits per heavy atom. The maximum Gasteiger partial charge on any atom is 0.196 e. The fraction of sp³-hybridized carbons (Fsp3) is 0.500. The van der Waals surface area contributed by atoms with E-state index in [9.17, 15) is 0 Å². The highest BCUT2D eigenvalue weighted by molar-refractivity contribution is 5.44. The zero-order valence-electron chi connectivity index (χ0n) is 12.0. The number of aryl methyl sites for hydroxylation is 2. The molecular formula is C14H21N5. The SMILES string of the molecule is CCCNC(C)c1cnc(-c2nccn2C)nc1C. The third-order valence-electron chi connectivity index (χ3n) is 3.21. The highest BCUT2D eigenvalue weighted by Crippen LogP contribution is 2.18. The molecule has 2 aromatic heterocycles. The Hall–Kier alpha value is -1.75. The van der Waals surface area contributed by atoms with Crippen LogP contribution in [0.15, 0.2) is 18.6 Å². The standard InChI is InChI=1S/C14H21N5/c1-5-6-15-10(2)12-9-17-13(18-11(12)3)14-16-7-8-19(14)4/h7-10,15H,5-6H2,1-4H3. The first-order valence-electron chi connectivity index (χ1n) is 6.68. The molecule has 1 atom stereocenters. The van der Waals surface area contributed by atoms with Crippen LogP contribution in [0.3, 0.4) is 0 Å². The van der Waals surface area contributed by atoms with Gasteiger partial charge in [0, 0.05) is 42.9 Å². The molecule has 0 bridgehead atoms. The van der Waals surface area contributed by atoms with Crippen molar-refractivity contribution in [1.82, 2.24) is 24.8 Å². The van der Waals surface area contributed by atoms with Crippen molar-refractivity contribution in [3.8, 4) is 11.6 Å². The van der Waals surface area contributed by atoms with Crippen LogP contribution < -0.4 is 5.32 Å². The van der Waals surface area contributed by atoms with E-state index in [1.54, 1.807) is 6.20 Å². The van der Waals surface area contributed by atoms with Gasteiger partial charge in [-0.1, -0.05) is 6.92 Å². The Morgan fingerprint density at radius 3 is 2.74 bits per heavy atom. The summed E-state index contributed by atoms with van der Waals surface area (Å²) in [5, 5.41) is 3.45. The van der Waals surface area contributed by atoms with Gasteiger partial charge in [0.05, 0.1) is 0 Å². The van der Waals surface area contributed by atoms with Crippen molar-refractivity contribution in [3.63, 3.8) is 0 Å². The maximum atomic E-state index is 4.57. The molecule has 5 heteroatoms. The van der Waals surface area contributed by atoms with E-state index in [-0.39, 0.29) is 6.04 Å². The fourth-order valence-electron chi connectivity index (χ4n) is 2.06. The summed E-state index contributed by atoms with van der Waals surface area (Å²) in [6, 6.07) is 0.273. The van der Waals surface area contributed by atoms with Crippen molar-refractivity contribution < 1.29 is 0 Å². The Balaban J connectivity index is 2.25. The normalized spacial score (nSPS) is 12.6.